The molecule has 1 aromatic rings. The first-order valence-corrected chi connectivity index (χ1v) is 7.16. The molecular formula is C10H14N2O4S. The number of nitrogens with one attached hydrogen (secondary N) is 1. The summed E-state index contributed by atoms with van der Waals surface area (Å²) in [5, 5.41) is 2.79. The van der Waals surface area contributed by atoms with E-state index in [1.165, 1.54) is 11.6 Å². The first kappa shape index (κ1) is 12.1. The monoisotopic (exact) mass is 258 g/mol. The van der Waals surface area contributed by atoms with E-state index in [2.05, 4.69) is 5.10 Å². The summed E-state index contributed by atoms with van der Waals surface area (Å²) < 4.78 is 24.0. The van der Waals surface area contributed by atoms with Crippen LogP contribution in [-0.2, 0) is 9.84 Å². The molecule has 0 amide bonds. The van der Waals surface area contributed by atoms with Gasteiger partial charge in [-0.15, -0.1) is 0 Å². The van der Waals surface area contributed by atoms with Gasteiger partial charge in [-0.1, -0.05) is 0 Å². The molecule has 17 heavy (non-hydrogen) atoms. The molecule has 0 bridgehead atoms. The van der Waals surface area contributed by atoms with Crippen LogP contribution in [0.2, 0.25) is 0 Å². The number of hydrogen-bond donors (Lipinski definition) is 1. The molecule has 1 N–H and O–H groups in total. The van der Waals surface area contributed by atoms with E-state index in [0.717, 1.165) is 0 Å². The number of carbonyl (C=O) groups excluding carboxylic acids is 1. The molecule has 1 saturated heterocycles. The second kappa shape index (κ2) is 3.83. The minimum Gasteiger partial charge on any atom is -0.299 e. The third kappa shape index (κ3) is 2.06. The zero-order valence-corrected chi connectivity index (χ0v) is 10.5. The van der Waals surface area contributed by atoms with E-state index in [1.54, 1.807) is 6.92 Å². The van der Waals surface area contributed by atoms with Gasteiger partial charge in [0, 0.05) is 5.69 Å². The third-order valence-electron chi connectivity index (χ3n) is 3.02. The smallest absolute Gasteiger partial charge is 0.277 e. The molecule has 1 atom stereocenters. The van der Waals surface area contributed by atoms with Crippen LogP contribution in [0, 0.1) is 6.92 Å². The van der Waals surface area contributed by atoms with Crippen molar-refractivity contribution in [3.05, 3.63) is 21.6 Å². The Hall–Kier alpha value is -1.37. The largest absolute Gasteiger partial charge is 0.299 e. The summed E-state index contributed by atoms with van der Waals surface area (Å²) in [5.41, 5.74) is 0.193. The van der Waals surface area contributed by atoms with Gasteiger partial charge in [0.15, 0.2) is 15.6 Å². The van der Waals surface area contributed by atoms with Gasteiger partial charge >= 0.3 is 0 Å². The minimum atomic E-state index is -3.05. The molecule has 0 spiro atoms. The van der Waals surface area contributed by atoms with Crippen LogP contribution in [-0.4, -0.2) is 35.5 Å². The number of carbonyl (C=O) groups is 1. The van der Waals surface area contributed by atoms with E-state index in [9.17, 15) is 18.0 Å². The molecular weight excluding hydrogens is 244 g/mol. The average molecular weight is 258 g/mol. The highest BCUT2D eigenvalue weighted by atomic mass is 32.2. The van der Waals surface area contributed by atoms with Crippen molar-refractivity contribution in [3.63, 3.8) is 0 Å². The van der Waals surface area contributed by atoms with Gasteiger partial charge in [-0.05, 0) is 20.3 Å². The van der Waals surface area contributed by atoms with Crippen molar-refractivity contribution in [1.29, 1.82) is 0 Å². The van der Waals surface area contributed by atoms with Gasteiger partial charge in [-0.2, -0.15) is 0 Å². The molecule has 0 aromatic carbocycles. The lowest BCUT2D eigenvalue weighted by atomic mass is 10.2. The number of hydrogen-bond acceptors (Lipinski definition) is 4. The lowest BCUT2D eigenvalue weighted by Gasteiger charge is -2.07. The van der Waals surface area contributed by atoms with Gasteiger partial charge in [0.25, 0.3) is 5.56 Å². The van der Waals surface area contributed by atoms with Crippen LogP contribution < -0.4 is 5.56 Å². The Balaban J connectivity index is 2.46. The molecule has 1 unspecified atom stereocenters. The number of sulfone groups is 1. The SMILES string of the molecule is CC(=O)c1c(C)[nH]n(C2CCS(=O)(=O)C2)c1=O. The summed E-state index contributed by atoms with van der Waals surface area (Å²) in [6, 6.07) is -0.376. The number of aromatic nitrogens is 2. The number of H-pyrrole nitrogens is 1. The maximum atomic E-state index is 11.9. The Morgan fingerprint density at radius 2 is 2.12 bits per heavy atom. The number of ketones is 1. The Kier molecular flexibility index (Phi) is 2.73. The summed E-state index contributed by atoms with van der Waals surface area (Å²) in [7, 11) is -3.05. The van der Waals surface area contributed by atoms with Gasteiger partial charge in [-0.25, -0.2) is 13.1 Å². The molecule has 1 aliphatic heterocycles. The van der Waals surface area contributed by atoms with E-state index in [0.29, 0.717) is 12.1 Å². The highest BCUT2D eigenvalue weighted by molar-refractivity contribution is 7.91. The highest BCUT2D eigenvalue weighted by Crippen LogP contribution is 2.22. The summed E-state index contributed by atoms with van der Waals surface area (Å²) >= 11 is 0. The summed E-state index contributed by atoms with van der Waals surface area (Å²) in [6.45, 7) is 2.96. The van der Waals surface area contributed by atoms with Crippen LogP contribution >= 0.6 is 0 Å². The predicted molar refractivity (Wildman–Crippen MR) is 62.1 cm³/mol. The Morgan fingerprint density at radius 3 is 2.53 bits per heavy atom. The molecule has 1 aliphatic rings. The molecule has 0 saturated carbocycles. The van der Waals surface area contributed by atoms with Crippen LogP contribution in [0.5, 0.6) is 0 Å². The van der Waals surface area contributed by atoms with E-state index < -0.39 is 15.4 Å². The number of aryl methyl sites for hydroxylation is 1. The van der Waals surface area contributed by atoms with Crippen molar-refractivity contribution in [1.82, 2.24) is 9.78 Å². The molecule has 0 radical (unpaired) electrons. The fourth-order valence-corrected chi connectivity index (χ4v) is 3.92. The van der Waals surface area contributed by atoms with Gasteiger partial charge in [0.2, 0.25) is 0 Å². The molecule has 2 rings (SSSR count). The molecule has 1 aromatic heterocycles. The summed E-state index contributed by atoms with van der Waals surface area (Å²) in [5.74, 6) is -0.245. The van der Waals surface area contributed by atoms with Crippen LogP contribution in [0.25, 0.3) is 0 Å². The average Bonchev–Trinajstić information content (AvgIpc) is 2.67. The molecule has 94 valence electrons. The van der Waals surface area contributed by atoms with Crippen molar-refractivity contribution >= 4 is 15.6 Å². The minimum absolute atomic E-state index is 0.0375. The first-order chi connectivity index (χ1) is 7.82. The van der Waals surface area contributed by atoms with Gasteiger partial charge < -0.3 is 0 Å². The van der Waals surface area contributed by atoms with Crippen molar-refractivity contribution in [3.8, 4) is 0 Å². The second-order valence-corrected chi connectivity index (χ2v) is 6.63. The van der Waals surface area contributed by atoms with E-state index in [1.807, 2.05) is 0 Å². The predicted octanol–water partition coefficient (Wildman–Crippen LogP) is 0.0470. The molecule has 2 heterocycles. The second-order valence-electron chi connectivity index (χ2n) is 4.40. The summed E-state index contributed by atoms with van der Waals surface area (Å²) in [4.78, 5) is 23.2. The quantitative estimate of drug-likeness (QED) is 0.759. The zero-order chi connectivity index (χ0) is 12.8. The molecule has 1 fully saturated rings. The lowest BCUT2D eigenvalue weighted by molar-refractivity contribution is 0.101. The topological polar surface area (TPSA) is 89.0 Å². The van der Waals surface area contributed by atoms with Gasteiger partial charge in [0.05, 0.1) is 17.5 Å². The Bertz CT molecular complexity index is 623. The Labute approximate surface area is 98.5 Å². The van der Waals surface area contributed by atoms with Crippen LogP contribution in [0.15, 0.2) is 4.79 Å². The highest BCUT2D eigenvalue weighted by Gasteiger charge is 2.31. The van der Waals surface area contributed by atoms with Crippen LogP contribution in [0.1, 0.15) is 35.4 Å². The first-order valence-electron chi connectivity index (χ1n) is 5.34. The number of rotatable bonds is 2. The number of Topliss-reactive ketones (excluding diaryl/α,β-unsaturated/α-hetero) is 1. The fourth-order valence-electron chi connectivity index (χ4n) is 2.22. The van der Waals surface area contributed by atoms with Crippen molar-refractivity contribution < 1.29 is 13.2 Å². The maximum absolute atomic E-state index is 11.9. The standard InChI is InChI=1S/C10H14N2O4S/c1-6-9(7(2)13)10(14)12(11-6)8-3-4-17(15,16)5-8/h8,11H,3-5H2,1-2H3. The van der Waals surface area contributed by atoms with E-state index in [4.69, 9.17) is 0 Å². The molecule has 6 nitrogen and oxygen atoms in total. The lowest BCUT2D eigenvalue weighted by Crippen LogP contribution is -2.26. The molecule has 0 aliphatic carbocycles. The zero-order valence-electron chi connectivity index (χ0n) is 9.69. The van der Waals surface area contributed by atoms with Crippen molar-refractivity contribution in [2.75, 3.05) is 11.5 Å². The Morgan fingerprint density at radius 1 is 1.47 bits per heavy atom. The van der Waals surface area contributed by atoms with Crippen LogP contribution in [0.3, 0.4) is 0 Å². The van der Waals surface area contributed by atoms with E-state index >= 15 is 0 Å². The van der Waals surface area contributed by atoms with Gasteiger partial charge in [-0.3, -0.25) is 14.7 Å². The van der Waals surface area contributed by atoms with E-state index in [-0.39, 0.29) is 28.9 Å². The van der Waals surface area contributed by atoms with Crippen molar-refractivity contribution in [2.45, 2.75) is 26.3 Å². The third-order valence-corrected chi connectivity index (χ3v) is 4.77. The number of aromatic amines is 1. The van der Waals surface area contributed by atoms with Crippen molar-refractivity contribution in [2.24, 2.45) is 0 Å². The fraction of sp³-hybridized carbons (Fsp3) is 0.600. The van der Waals surface area contributed by atoms with Crippen LogP contribution in [0.4, 0.5) is 0 Å². The number of nitrogens with zero attached hydrogens (tertiary/aromatic N) is 1. The molecule has 7 heteroatoms. The van der Waals surface area contributed by atoms with Gasteiger partial charge in [0.1, 0.15) is 5.56 Å². The normalized spacial score (nSPS) is 22.8. The summed E-state index contributed by atoms with van der Waals surface area (Å²) in [6.07, 6.45) is 0.416. The maximum Gasteiger partial charge on any atom is 0.277 e.